The van der Waals surface area contributed by atoms with E-state index in [0.29, 0.717) is 0 Å². The Hall–Kier alpha value is -0.0800. The lowest BCUT2D eigenvalue weighted by Gasteiger charge is -2.34. The lowest BCUT2D eigenvalue weighted by atomic mass is 9.79. The van der Waals surface area contributed by atoms with Gasteiger partial charge in [0.25, 0.3) is 0 Å². The van der Waals surface area contributed by atoms with E-state index in [0.717, 1.165) is 35.8 Å². The van der Waals surface area contributed by atoms with Gasteiger partial charge < -0.3 is 10.2 Å². The molecule has 1 heterocycles. The van der Waals surface area contributed by atoms with Gasteiger partial charge in [-0.15, -0.1) is 0 Å². The van der Waals surface area contributed by atoms with Crippen LogP contribution in [0.5, 0.6) is 0 Å². The van der Waals surface area contributed by atoms with Crippen LogP contribution in [0.1, 0.15) is 64.7 Å². The Labute approximate surface area is 131 Å². The Bertz CT molecular complexity index is 355. The maximum Gasteiger partial charge on any atom is 0.0103 e. The van der Waals surface area contributed by atoms with Gasteiger partial charge in [-0.3, -0.25) is 0 Å². The molecule has 0 radical (unpaired) electrons. The zero-order valence-electron chi connectivity index (χ0n) is 13.9. The van der Waals surface area contributed by atoms with Gasteiger partial charge in [-0.25, -0.2) is 0 Å². The van der Waals surface area contributed by atoms with Crippen LogP contribution in [-0.4, -0.2) is 36.6 Å². The number of rotatable bonds is 4. The molecule has 0 spiro atoms. The Kier molecular flexibility index (Phi) is 4.28. The lowest BCUT2D eigenvalue weighted by molar-refractivity contribution is 0.193. The average Bonchev–Trinajstić information content (AvgIpc) is 3.12. The molecule has 120 valence electrons. The molecule has 3 saturated carbocycles. The average molecular weight is 290 g/mol. The fourth-order valence-electron chi connectivity index (χ4n) is 6.42. The van der Waals surface area contributed by atoms with E-state index in [1.807, 2.05) is 0 Å². The van der Waals surface area contributed by atoms with Gasteiger partial charge in [0, 0.05) is 12.1 Å². The molecule has 2 heteroatoms. The van der Waals surface area contributed by atoms with E-state index in [9.17, 15) is 0 Å². The van der Waals surface area contributed by atoms with Crippen molar-refractivity contribution in [2.45, 2.75) is 76.8 Å². The third-order valence-electron chi connectivity index (χ3n) is 7.24. The van der Waals surface area contributed by atoms with Gasteiger partial charge in [0.15, 0.2) is 0 Å². The zero-order valence-corrected chi connectivity index (χ0v) is 13.9. The van der Waals surface area contributed by atoms with Crippen LogP contribution in [0.25, 0.3) is 0 Å². The summed E-state index contributed by atoms with van der Waals surface area (Å²) < 4.78 is 0. The molecule has 1 aliphatic heterocycles. The monoisotopic (exact) mass is 290 g/mol. The second kappa shape index (κ2) is 6.20. The first kappa shape index (κ1) is 14.5. The standard InChI is InChI=1S/C19H34N2/c1-2-9-21-10-4-5-15(8-11-21)20-19-13-14-12-18(19)17-7-3-6-16(14)17/h14-20H,2-13H2,1H3. The highest BCUT2D eigenvalue weighted by molar-refractivity contribution is 5.06. The first-order valence-electron chi connectivity index (χ1n) is 9.83. The third-order valence-corrected chi connectivity index (χ3v) is 7.24. The molecular weight excluding hydrogens is 256 g/mol. The summed E-state index contributed by atoms with van der Waals surface area (Å²) in [6, 6.07) is 1.70. The number of fused-ring (bicyclic) bond motifs is 5. The molecule has 1 saturated heterocycles. The van der Waals surface area contributed by atoms with Gasteiger partial charge in [-0.2, -0.15) is 0 Å². The Morgan fingerprint density at radius 2 is 1.81 bits per heavy atom. The minimum atomic E-state index is 0.816. The predicted octanol–water partition coefficient (Wildman–Crippen LogP) is 3.67. The Morgan fingerprint density at radius 1 is 0.905 bits per heavy atom. The molecule has 6 unspecified atom stereocenters. The van der Waals surface area contributed by atoms with Gasteiger partial charge >= 0.3 is 0 Å². The highest BCUT2D eigenvalue weighted by Gasteiger charge is 2.53. The highest BCUT2D eigenvalue weighted by atomic mass is 15.1. The molecule has 3 aliphatic carbocycles. The van der Waals surface area contributed by atoms with E-state index in [1.165, 1.54) is 58.2 Å². The fraction of sp³-hybridized carbons (Fsp3) is 1.00. The maximum atomic E-state index is 4.14. The maximum absolute atomic E-state index is 4.14. The molecule has 0 aromatic carbocycles. The van der Waals surface area contributed by atoms with Crippen LogP contribution in [0.2, 0.25) is 0 Å². The summed E-state index contributed by atoms with van der Waals surface area (Å²) in [5, 5.41) is 4.14. The molecule has 0 amide bonds. The van der Waals surface area contributed by atoms with Gasteiger partial charge in [0.05, 0.1) is 0 Å². The van der Waals surface area contributed by atoms with Gasteiger partial charge in [0.2, 0.25) is 0 Å². The quantitative estimate of drug-likeness (QED) is 0.850. The number of likely N-dealkylation sites (tertiary alicyclic amines) is 1. The second-order valence-corrected chi connectivity index (χ2v) is 8.40. The minimum Gasteiger partial charge on any atom is -0.311 e. The highest BCUT2D eigenvalue weighted by Crippen LogP contribution is 2.58. The van der Waals surface area contributed by atoms with Crippen molar-refractivity contribution in [2.75, 3.05) is 19.6 Å². The molecule has 4 rings (SSSR count). The number of nitrogens with zero attached hydrogens (tertiary/aromatic N) is 1. The molecule has 4 fully saturated rings. The van der Waals surface area contributed by atoms with Crippen LogP contribution in [0.3, 0.4) is 0 Å². The van der Waals surface area contributed by atoms with Crippen molar-refractivity contribution in [1.82, 2.24) is 10.2 Å². The van der Waals surface area contributed by atoms with E-state index < -0.39 is 0 Å². The van der Waals surface area contributed by atoms with Gasteiger partial charge in [0.1, 0.15) is 0 Å². The summed E-state index contributed by atoms with van der Waals surface area (Å²) in [4.78, 5) is 2.69. The largest absolute Gasteiger partial charge is 0.311 e. The summed E-state index contributed by atoms with van der Waals surface area (Å²) in [5.74, 6) is 4.41. The molecule has 0 aromatic rings. The predicted molar refractivity (Wildman–Crippen MR) is 88.3 cm³/mol. The van der Waals surface area contributed by atoms with E-state index in [-0.39, 0.29) is 0 Å². The van der Waals surface area contributed by atoms with Crippen molar-refractivity contribution in [3.8, 4) is 0 Å². The van der Waals surface area contributed by atoms with E-state index in [4.69, 9.17) is 0 Å². The van der Waals surface area contributed by atoms with E-state index in [1.54, 1.807) is 19.3 Å². The minimum absolute atomic E-state index is 0.816. The van der Waals surface area contributed by atoms with Crippen LogP contribution < -0.4 is 5.32 Å². The molecule has 6 atom stereocenters. The van der Waals surface area contributed by atoms with Crippen molar-refractivity contribution in [3.05, 3.63) is 0 Å². The Morgan fingerprint density at radius 3 is 2.71 bits per heavy atom. The summed E-state index contributed by atoms with van der Waals surface area (Å²) in [7, 11) is 0. The fourth-order valence-corrected chi connectivity index (χ4v) is 6.42. The van der Waals surface area contributed by atoms with Crippen molar-refractivity contribution in [2.24, 2.45) is 23.7 Å². The molecule has 1 N–H and O–H groups in total. The topological polar surface area (TPSA) is 15.3 Å². The summed E-state index contributed by atoms with van der Waals surface area (Å²) in [6.45, 7) is 6.30. The molecule has 4 aliphatic rings. The van der Waals surface area contributed by atoms with Crippen LogP contribution in [0.15, 0.2) is 0 Å². The lowest BCUT2D eigenvalue weighted by Crippen LogP contribution is -2.45. The molecule has 0 aromatic heterocycles. The molecular formula is C19H34N2. The Balaban J connectivity index is 1.31. The molecule has 2 nitrogen and oxygen atoms in total. The van der Waals surface area contributed by atoms with Crippen LogP contribution >= 0.6 is 0 Å². The summed E-state index contributed by atoms with van der Waals surface area (Å²) >= 11 is 0. The number of hydrogen-bond donors (Lipinski definition) is 1. The van der Waals surface area contributed by atoms with Crippen molar-refractivity contribution in [1.29, 1.82) is 0 Å². The normalized spacial score (nSPS) is 46.7. The smallest absolute Gasteiger partial charge is 0.0103 e. The second-order valence-electron chi connectivity index (χ2n) is 8.40. The van der Waals surface area contributed by atoms with Crippen LogP contribution in [0, 0.1) is 23.7 Å². The van der Waals surface area contributed by atoms with Crippen molar-refractivity contribution < 1.29 is 0 Å². The zero-order chi connectivity index (χ0) is 14.2. The van der Waals surface area contributed by atoms with Gasteiger partial charge in [-0.1, -0.05) is 13.3 Å². The number of nitrogens with one attached hydrogen (secondary N) is 1. The van der Waals surface area contributed by atoms with Crippen molar-refractivity contribution in [3.63, 3.8) is 0 Å². The number of hydrogen-bond acceptors (Lipinski definition) is 2. The van der Waals surface area contributed by atoms with Crippen LogP contribution in [0.4, 0.5) is 0 Å². The molecule has 21 heavy (non-hydrogen) atoms. The van der Waals surface area contributed by atoms with E-state index in [2.05, 4.69) is 17.1 Å². The van der Waals surface area contributed by atoms with Crippen LogP contribution in [-0.2, 0) is 0 Å². The SMILES string of the molecule is CCCN1CCCC(NC2CC3CC2C2CCCC32)CC1. The summed E-state index contributed by atoms with van der Waals surface area (Å²) in [5.41, 5.74) is 0. The molecule has 2 bridgehead atoms. The van der Waals surface area contributed by atoms with Crippen molar-refractivity contribution >= 4 is 0 Å². The summed E-state index contributed by atoms with van der Waals surface area (Å²) in [6.07, 6.45) is 13.3. The van der Waals surface area contributed by atoms with Gasteiger partial charge in [-0.05, 0) is 94.7 Å². The first-order valence-corrected chi connectivity index (χ1v) is 9.83. The van der Waals surface area contributed by atoms with E-state index >= 15 is 0 Å². The first-order chi connectivity index (χ1) is 10.3. The third kappa shape index (κ3) is 2.79.